The molecule has 0 aliphatic carbocycles. The summed E-state index contributed by atoms with van der Waals surface area (Å²) in [6.45, 7) is 3.90. The molecule has 0 fully saturated rings. The van der Waals surface area contributed by atoms with Crippen molar-refractivity contribution in [2.24, 2.45) is 0 Å². The standard InChI is InChI=1S/C22H21N7O/c1-15-4-3-5-19(14-15)25-22(30)24-18-8-6-17(7-9-18)23-20-10-11-21(27-26-20)29-13-12-16(2)28-29/h3-14H,1-2H3,(H,23,26)(H2,24,25,30). The van der Waals surface area contributed by atoms with Gasteiger partial charge in [0.25, 0.3) is 0 Å². The number of urea groups is 1. The number of nitrogens with one attached hydrogen (secondary N) is 3. The summed E-state index contributed by atoms with van der Waals surface area (Å²) >= 11 is 0. The minimum absolute atomic E-state index is 0.295. The van der Waals surface area contributed by atoms with Crippen LogP contribution in [0, 0.1) is 13.8 Å². The van der Waals surface area contributed by atoms with Gasteiger partial charge in [-0.3, -0.25) is 0 Å². The van der Waals surface area contributed by atoms with E-state index >= 15 is 0 Å². The molecular formula is C22H21N7O. The minimum Gasteiger partial charge on any atom is -0.339 e. The zero-order valence-corrected chi connectivity index (χ0v) is 16.6. The SMILES string of the molecule is Cc1cccc(NC(=O)Nc2ccc(Nc3ccc(-n4ccc(C)n4)nn3)cc2)c1. The summed E-state index contributed by atoms with van der Waals surface area (Å²) in [5.74, 6) is 1.26. The molecule has 0 unspecified atom stereocenters. The smallest absolute Gasteiger partial charge is 0.323 e. The van der Waals surface area contributed by atoms with Crippen LogP contribution in [0.2, 0.25) is 0 Å². The molecule has 2 heterocycles. The van der Waals surface area contributed by atoms with Gasteiger partial charge in [0, 0.05) is 23.3 Å². The maximum Gasteiger partial charge on any atom is 0.323 e. The number of amides is 2. The zero-order valence-electron chi connectivity index (χ0n) is 16.6. The fourth-order valence-corrected chi connectivity index (χ4v) is 2.86. The van der Waals surface area contributed by atoms with Crippen molar-refractivity contribution in [2.45, 2.75) is 13.8 Å². The second kappa shape index (κ2) is 8.44. The lowest BCUT2D eigenvalue weighted by Gasteiger charge is -2.10. The lowest BCUT2D eigenvalue weighted by atomic mass is 10.2. The van der Waals surface area contributed by atoms with Crippen molar-refractivity contribution >= 4 is 28.9 Å². The minimum atomic E-state index is -0.295. The highest BCUT2D eigenvalue weighted by atomic mass is 16.2. The Kier molecular flexibility index (Phi) is 5.38. The van der Waals surface area contributed by atoms with Gasteiger partial charge >= 0.3 is 6.03 Å². The van der Waals surface area contributed by atoms with Crippen LogP contribution in [0.15, 0.2) is 72.9 Å². The van der Waals surface area contributed by atoms with Gasteiger partial charge in [-0.1, -0.05) is 12.1 Å². The fraction of sp³-hybridized carbons (Fsp3) is 0.0909. The van der Waals surface area contributed by atoms with E-state index in [9.17, 15) is 4.79 Å². The molecule has 0 aliphatic rings. The van der Waals surface area contributed by atoms with Gasteiger partial charge in [0.15, 0.2) is 11.6 Å². The molecule has 0 radical (unpaired) electrons. The molecule has 0 bridgehead atoms. The molecule has 2 amide bonds. The maximum absolute atomic E-state index is 12.2. The van der Waals surface area contributed by atoms with Gasteiger partial charge in [0.2, 0.25) is 0 Å². The van der Waals surface area contributed by atoms with E-state index < -0.39 is 0 Å². The van der Waals surface area contributed by atoms with Crippen LogP contribution in [0.1, 0.15) is 11.3 Å². The third-order valence-electron chi connectivity index (χ3n) is 4.30. The quantitative estimate of drug-likeness (QED) is 0.453. The lowest BCUT2D eigenvalue weighted by molar-refractivity contribution is 0.262. The number of rotatable bonds is 5. The van der Waals surface area contributed by atoms with Gasteiger partial charge < -0.3 is 16.0 Å². The van der Waals surface area contributed by atoms with Crippen LogP contribution < -0.4 is 16.0 Å². The second-order valence-corrected chi connectivity index (χ2v) is 6.83. The Morgan fingerprint density at radius 2 is 1.60 bits per heavy atom. The summed E-state index contributed by atoms with van der Waals surface area (Å²) in [5, 5.41) is 21.5. The first-order valence-electron chi connectivity index (χ1n) is 9.43. The van der Waals surface area contributed by atoms with Crippen molar-refractivity contribution in [3.63, 3.8) is 0 Å². The molecule has 2 aromatic heterocycles. The Labute approximate surface area is 174 Å². The van der Waals surface area contributed by atoms with Crippen molar-refractivity contribution in [3.05, 3.63) is 84.2 Å². The molecule has 2 aromatic carbocycles. The van der Waals surface area contributed by atoms with Crippen LogP contribution in [0.3, 0.4) is 0 Å². The average molecular weight is 399 g/mol. The molecule has 4 rings (SSSR count). The van der Waals surface area contributed by atoms with E-state index in [1.807, 2.05) is 86.8 Å². The Balaban J connectivity index is 1.34. The van der Waals surface area contributed by atoms with Crippen LogP contribution in [-0.2, 0) is 0 Å². The summed E-state index contributed by atoms with van der Waals surface area (Å²) in [4.78, 5) is 12.2. The predicted octanol–water partition coefficient (Wildman–Crippen LogP) is 4.67. The van der Waals surface area contributed by atoms with Crippen LogP contribution in [0.5, 0.6) is 0 Å². The molecule has 150 valence electrons. The van der Waals surface area contributed by atoms with E-state index in [1.54, 1.807) is 4.68 Å². The maximum atomic E-state index is 12.2. The van der Waals surface area contributed by atoms with Gasteiger partial charge in [0.1, 0.15) is 0 Å². The number of hydrogen-bond acceptors (Lipinski definition) is 5. The number of carbonyl (C=O) groups excluding carboxylic acids is 1. The van der Waals surface area contributed by atoms with Crippen molar-refractivity contribution in [3.8, 4) is 5.82 Å². The number of carbonyl (C=O) groups is 1. The highest BCUT2D eigenvalue weighted by Gasteiger charge is 2.05. The summed E-state index contributed by atoms with van der Waals surface area (Å²) in [7, 11) is 0. The van der Waals surface area contributed by atoms with Crippen molar-refractivity contribution in [2.75, 3.05) is 16.0 Å². The highest BCUT2D eigenvalue weighted by Crippen LogP contribution is 2.18. The third kappa shape index (κ3) is 4.79. The second-order valence-electron chi connectivity index (χ2n) is 6.83. The van der Waals surface area contributed by atoms with E-state index in [0.29, 0.717) is 17.3 Å². The molecule has 0 saturated carbocycles. The topological polar surface area (TPSA) is 96.8 Å². The Morgan fingerprint density at radius 3 is 2.27 bits per heavy atom. The first kappa shape index (κ1) is 19.1. The first-order chi connectivity index (χ1) is 14.5. The largest absolute Gasteiger partial charge is 0.339 e. The molecule has 0 atom stereocenters. The summed E-state index contributed by atoms with van der Waals surface area (Å²) < 4.78 is 1.67. The molecule has 4 aromatic rings. The van der Waals surface area contributed by atoms with Gasteiger partial charge in [-0.15, -0.1) is 10.2 Å². The van der Waals surface area contributed by atoms with Crippen LogP contribution in [0.4, 0.5) is 27.7 Å². The van der Waals surface area contributed by atoms with Gasteiger partial charge in [-0.2, -0.15) is 5.10 Å². The number of nitrogens with zero attached hydrogens (tertiary/aromatic N) is 4. The van der Waals surface area contributed by atoms with Crippen molar-refractivity contribution in [1.29, 1.82) is 0 Å². The average Bonchev–Trinajstić information content (AvgIpc) is 3.16. The van der Waals surface area contributed by atoms with Gasteiger partial charge in [-0.25, -0.2) is 9.48 Å². The molecule has 0 saturated heterocycles. The Morgan fingerprint density at radius 1 is 0.833 bits per heavy atom. The molecule has 30 heavy (non-hydrogen) atoms. The molecule has 0 aliphatic heterocycles. The zero-order chi connectivity index (χ0) is 20.9. The van der Waals surface area contributed by atoms with E-state index in [0.717, 1.165) is 22.6 Å². The Bertz CT molecular complexity index is 1150. The third-order valence-corrected chi connectivity index (χ3v) is 4.30. The van der Waals surface area contributed by atoms with Gasteiger partial charge in [0.05, 0.1) is 5.69 Å². The van der Waals surface area contributed by atoms with Crippen molar-refractivity contribution < 1.29 is 4.79 Å². The Hall–Kier alpha value is -4.20. The lowest BCUT2D eigenvalue weighted by Crippen LogP contribution is -2.19. The predicted molar refractivity (Wildman–Crippen MR) is 117 cm³/mol. The fourth-order valence-electron chi connectivity index (χ4n) is 2.86. The first-order valence-corrected chi connectivity index (χ1v) is 9.43. The molecule has 0 spiro atoms. The number of aryl methyl sites for hydroxylation is 2. The molecule has 3 N–H and O–H groups in total. The van der Waals surface area contributed by atoms with E-state index in [4.69, 9.17) is 0 Å². The van der Waals surface area contributed by atoms with E-state index in [-0.39, 0.29) is 6.03 Å². The molecule has 8 nitrogen and oxygen atoms in total. The van der Waals surface area contributed by atoms with Crippen LogP contribution in [-0.4, -0.2) is 26.0 Å². The summed E-state index contributed by atoms with van der Waals surface area (Å²) in [5.41, 5.74) is 4.26. The van der Waals surface area contributed by atoms with E-state index in [2.05, 4.69) is 31.2 Å². The molecular weight excluding hydrogens is 378 g/mol. The number of hydrogen-bond donors (Lipinski definition) is 3. The number of benzene rings is 2. The van der Waals surface area contributed by atoms with Crippen LogP contribution >= 0.6 is 0 Å². The van der Waals surface area contributed by atoms with E-state index in [1.165, 1.54) is 0 Å². The number of anilines is 4. The highest BCUT2D eigenvalue weighted by molar-refractivity contribution is 5.99. The van der Waals surface area contributed by atoms with Gasteiger partial charge in [-0.05, 0) is 74.0 Å². The summed E-state index contributed by atoms with van der Waals surface area (Å²) in [6, 6.07) is 20.3. The van der Waals surface area contributed by atoms with Crippen molar-refractivity contribution in [1.82, 2.24) is 20.0 Å². The normalized spacial score (nSPS) is 10.5. The molecule has 8 heteroatoms. The summed E-state index contributed by atoms with van der Waals surface area (Å²) in [6.07, 6.45) is 1.84. The monoisotopic (exact) mass is 399 g/mol. The number of aromatic nitrogens is 4. The van der Waals surface area contributed by atoms with Crippen LogP contribution in [0.25, 0.3) is 5.82 Å².